The van der Waals surface area contributed by atoms with Crippen molar-refractivity contribution in [3.8, 4) is 6.07 Å². The van der Waals surface area contributed by atoms with Crippen LogP contribution < -0.4 is 4.72 Å². The molecular formula is C14H16N4O2S. The number of sulfonamides is 1. The van der Waals surface area contributed by atoms with Crippen molar-refractivity contribution >= 4 is 10.0 Å². The van der Waals surface area contributed by atoms with Gasteiger partial charge >= 0.3 is 0 Å². The lowest BCUT2D eigenvalue weighted by Gasteiger charge is -2.04. The summed E-state index contributed by atoms with van der Waals surface area (Å²) >= 11 is 0. The van der Waals surface area contributed by atoms with Gasteiger partial charge in [-0.05, 0) is 31.5 Å². The molecule has 0 bridgehead atoms. The Labute approximate surface area is 124 Å². The molecule has 1 heterocycles. The molecule has 7 heteroatoms. The standard InChI is InChI=1S/C14H16N4O2S/c1-3-18-10-14(17-11(18)2)21(19,20)16-9-13-6-4-12(8-15)5-7-13/h4-7,10,16H,3,9H2,1-2H3. The van der Waals surface area contributed by atoms with Gasteiger partial charge < -0.3 is 4.57 Å². The Kier molecular flexibility index (Phi) is 4.40. The molecule has 0 aliphatic heterocycles. The van der Waals surface area contributed by atoms with Crippen LogP contribution in [0.2, 0.25) is 0 Å². The first-order chi connectivity index (χ1) is 9.96. The SMILES string of the molecule is CCn1cc(S(=O)(=O)NCc2ccc(C#N)cc2)nc1C. The molecule has 0 spiro atoms. The van der Waals surface area contributed by atoms with Gasteiger partial charge in [-0.3, -0.25) is 0 Å². The van der Waals surface area contributed by atoms with Gasteiger partial charge in [-0.15, -0.1) is 0 Å². The normalized spacial score (nSPS) is 11.3. The van der Waals surface area contributed by atoms with Crippen LogP contribution in [0, 0.1) is 18.3 Å². The summed E-state index contributed by atoms with van der Waals surface area (Å²) < 4.78 is 28.6. The minimum Gasteiger partial charge on any atom is -0.334 e. The second kappa shape index (κ2) is 6.08. The summed E-state index contributed by atoms with van der Waals surface area (Å²) in [5, 5.41) is 8.74. The van der Waals surface area contributed by atoms with E-state index in [1.807, 2.05) is 13.0 Å². The van der Waals surface area contributed by atoms with Crippen LogP contribution in [0.4, 0.5) is 0 Å². The van der Waals surface area contributed by atoms with Crippen molar-refractivity contribution < 1.29 is 8.42 Å². The predicted molar refractivity (Wildman–Crippen MR) is 77.8 cm³/mol. The molecule has 6 nitrogen and oxygen atoms in total. The quantitative estimate of drug-likeness (QED) is 0.908. The minimum atomic E-state index is -3.63. The average molecular weight is 304 g/mol. The summed E-state index contributed by atoms with van der Waals surface area (Å²) in [7, 11) is -3.63. The van der Waals surface area contributed by atoms with Gasteiger partial charge in [0.25, 0.3) is 10.0 Å². The molecule has 21 heavy (non-hydrogen) atoms. The zero-order valence-electron chi connectivity index (χ0n) is 11.9. The molecule has 0 saturated heterocycles. The maximum absolute atomic E-state index is 12.2. The molecular weight excluding hydrogens is 288 g/mol. The molecule has 2 rings (SSSR count). The lowest BCUT2D eigenvalue weighted by molar-refractivity contribution is 0.577. The van der Waals surface area contributed by atoms with Gasteiger partial charge in [0, 0.05) is 19.3 Å². The maximum Gasteiger partial charge on any atom is 0.259 e. The van der Waals surface area contributed by atoms with Gasteiger partial charge in [-0.2, -0.15) is 5.26 Å². The summed E-state index contributed by atoms with van der Waals surface area (Å²) in [5.74, 6) is 0.663. The highest BCUT2D eigenvalue weighted by molar-refractivity contribution is 7.89. The van der Waals surface area contributed by atoms with Crippen molar-refractivity contribution in [1.82, 2.24) is 14.3 Å². The molecule has 0 amide bonds. The number of hydrogen-bond donors (Lipinski definition) is 1. The highest BCUT2D eigenvalue weighted by Crippen LogP contribution is 2.10. The monoisotopic (exact) mass is 304 g/mol. The van der Waals surface area contributed by atoms with E-state index in [1.54, 1.807) is 35.8 Å². The topological polar surface area (TPSA) is 87.8 Å². The number of rotatable bonds is 5. The Bertz CT molecular complexity index is 770. The van der Waals surface area contributed by atoms with E-state index < -0.39 is 10.0 Å². The van der Waals surface area contributed by atoms with Crippen molar-refractivity contribution in [2.24, 2.45) is 0 Å². The highest BCUT2D eigenvalue weighted by atomic mass is 32.2. The molecule has 1 aromatic carbocycles. The molecule has 0 aliphatic rings. The van der Waals surface area contributed by atoms with E-state index in [0.29, 0.717) is 17.9 Å². The van der Waals surface area contributed by atoms with Crippen molar-refractivity contribution in [3.63, 3.8) is 0 Å². The summed E-state index contributed by atoms with van der Waals surface area (Å²) in [6, 6.07) is 8.76. The second-order valence-electron chi connectivity index (χ2n) is 4.55. The van der Waals surface area contributed by atoms with E-state index >= 15 is 0 Å². The first-order valence-corrected chi connectivity index (χ1v) is 7.97. The molecule has 0 saturated carbocycles. The Balaban J connectivity index is 2.11. The summed E-state index contributed by atoms with van der Waals surface area (Å²) in [5.41, 5.74) is 1.32. The number of hydrogen-bond acceptors (Lipinski definition) is 4. The van der Waals surface area contributed by atoms with Gasteiger partial charge in [-0.25, -0.2) is 18.1 Å². The molecule has 1 aromatic heterocycles. The van der Waals surface area contributed by atoms with Crippen LogP contribution in [-0.4, -0.2) is 18.0 Å². The Hall–Kier alpha value is -2.17. The minimum absolute atomic E-state index is 0.0236. The lowest BCUT2D eigenvalue weighted by Crippen LogP contribution is -2.23. The molecule has 110 valence electrons. The van der Waals surface area contributed by atoms with Crippen molar-refractivity contribution in [1.29, 1.82) is 5.26 Å². The number of nitrogens with zero attached hydrogens (tertiary/aromatic N) is 3. The Morgan fingerprint density at radius 3 is 2.52 bits per heavy atom. The molecule has 0 radical (unpaired) electrons. The molecule has 1 N–H and O–H groups in total. The first kappa shape index (κ1) is 15.2. The largest absolute Gasteiger partial charge is 0.334 e. The maximum atomic E-state index is 12.2. The van der Waals surface area contributed by atoms with Crippen LogP contribution in [0.3, 0.4) is 0 Å². The second-order valence-corrected chi connectivity index (χ2v) is 6.26. The fourth-order valence-corrected chi connectivity index (χ4v) is 2.90. The van der Waals surface area contributed by atoms with Crippen LogP contribution >= 0.6 is 0 Å². The van der Waals surface area contributed by atoms with Gasteiger partial charge in [0.15, 0.2) is 5.03 Å². The first-order valence-electron chi connectivity index (χ1n) is 6.48. The number of nitrogens with one attached hydrogen (secondary N) is 1. The third-order valence-electron chi connectivity index (χ3n) is 3.12. The van der Waals surface area contributed by atoms with E-state index in [4.69, 9.17) is 5.26 Å². The van der Waals surface area contributed by atoms with Crippen molar-refractivity contribution in [2.45, 2.75) is 32.0 Å². The van der Waals surface area contributed by atoms with Crippen LogP contribution in [0.25, 0.3) is 0 Å². The fourth-order valence-electron chi connectivity index (χ4n) is 1.88. The molecule has 0 fully saturated rings. The number of nitriles is 1. The summed E-state index contributed by atoms with van der Waals surface area (Å²) in [6.45, 7) is 4.52. The molecule has 0 unspecified atom stereocenters. The van der Waals surface area contributed by atoms with E-state index in [-0.39, 0.29) is 11.6 Å². The van der Waals surface area contributed by atoms with E-state index in [9.17, 15) is 8.42 Å². The van der Waals surface area contributed by atoms with Gasteiger partial charge in [0.1, 0.15) is 5.82 Å². The number of imidazole rings is 1. The number of aromatic nitrogens is 2. The summed E-state index contributed by atoms with van der Waals surface area (Å²) in [6.07, 6.45) is 1.52. The van der Waals surface area contributed by atoms with E-state index in [0.717, 1.165) is 5.56 Å². The predicted octanol–water partition coefficient (Wildman–Crippen LogP) is 1.56. The van der Waals surface area contributed by atoms with Crippen LogP contribution in [-0.2, 0) is 23.1 Å². The smallest absolute Gasteiger partial charge is 0.259 e. The Morgan fingerprint density at radius 1 is 1.33 bits per heavy atom. The van der Waals surface area contributed by atoms with Crippen LogP contribution in [0.1, 0.15) is 23.9 Å². The van der Waals surface area contributed by atoms with Gasteiger partial charge in [-0.1, -0.05) is 12.1 Å². The van der Waals surface area contributed by atoms with E-state index in [1.165, 1.54) is 6.20 Å². The summed E-state index contributed by atoms with van der Waals surface area (Å²) in [4.78, 5) is 4.06. The average Bonchev–Trinajstić information content (AvgIpc) is 2.88. The third kappa shape index (κ3) is 3.48. The van der Waals surface area contributed by atoms with Gasteiger partial charge in [0.05, 0.1) is 11.6 Å². The zero-order chi connectivity index (χ0) is 15.5. The lowest BCUT2D eigenvalue weighted by atomic mass is 10.1. The fraction of sp³-hybridized carbons (Fsp3) is 0.286. The van der Waals surface area contributed by atoms with Gasteiger partial charge in [0.2, 0.25) is 0 Å². The van der Waals surface area contributed by atoms with Crippen LogP contribution in [0.15, 0.2) is 35.5 Å². The molecule has 2 aromatic rings. The highest BCUT2D eigenvalue weighted by Gasteiger charge is 2.18. The molecule has 0 atom stereocenters. The zero-order valence-corrected chi connectivity index (χ0v) is 12.7. The van der Waals surface area contributed by atoms with Crippen molar-refractivity contribution in [3.05, 3.63) is 47.4 Å². The Morgan fingerprint density at radius 2 is 2.00 bits per heavy atom. The van der Waals surface area contributed by atoms with E-state index in [2.05, 4.69) is 9.71 Å². The van der Waals surface area contributed by atoms with Crippen LogP contribution in [0.5, 0.6) is 0 Å². The number of aryl methyl sites for hydroxylation is 2. The third-order valence-corrected chi connectivity index (χ3v) is 4.39. The molecule has 0 aliphatic carbocycles. The van der Waals surface area contributed by atoms with Crippen molar-refractivity contribution in [2.75, 3.05) is 0 Å². The number of benzene rings is 1.